The first kappa shape index (κ1) is 15.0. The van der Waals surface area contributed by atoms with Gasteiger partial charge < -0.3 is 14.6 Å². The van der Waals surface area contributed by atoms with Crippen LogP contribution in [0.15, 0.2) is 18.2 Å². The molecule has 2 unspecified atom stereocenters. The molecule has 1 fully saturated rings. The van der Waals surface area contributed by atoms with Crippen LogP contribution in [0.3, 0.4) is 0 Å². The molecule has 20 heavy (non-hydrogen) atoms. The van der Waals surface area contributed by atoms with Gasteiger partial charge in [-0.2, -0.15) is 0 Å². The minimum absolute atomic E-state index is 0.0222. The number of hydrogen-bond donors (Lipinski definition) is 2. The van der Waals surface area contributed by atoms with Crippen LogP contribution in [0, 0.1) is 0 Å². The molecule has 2 rings (SSSR count). The van der Waals surface area contributed by atoms with E-state index in [0.717, 1.165) is 11.3 Å². The maximum Gasteiger partial charge on any atom is 0.321 e. The number of rotatable bonds is 6. The fourth-order valence-corrected chi connectivity index (χ4v) is 3.26. The van der Waals surface area contributed by atoms with Crippen LogP contribution in [0.1, 0.15) is 24.8 Å². The first-order valence-corrected chi connectivity index (χ1v) is 7.70. The molecule has 1 aromatic rings. The largest absolute Gasteiger partial charge is 0.490 e. The quantitative estimate of drug-likeness (QED) is 0.839. The lowest BCUT2D eigenvalue weighted by molar-refractivity contribution is -0.138. The van der Waals surface area contributed by atoms with Gasteiger partial charge in [0.15, 0.2) is 11.5 Å². The predicted molar refractivity (Wildman–Crippen MR) is 78.5 cm³/mol. The van der Waals surface area contributed by atoms with Crippen LogP contribution < -0.4 is 14.8 Å². The molecule has 0 spiro atoms. The summed E-state index contributed by atoms with van der Waals surface area (Å²) in [6, 6.07) is 5.25. The van der Waals surface area contributed by atoms with Gasteiger partial charge in [-0.05, 0) is 31.5 Å². The maximum atomic E-state index is 11.0. The molecule has 6 heteroatoms. The molecule has 0 aliphatic carbocycles. The Morgan fingerprint density at radius 3 is 2.65 bits per heavy atom. The van der Waals surface area contributed by atoms with E-state index in [-0.39, 0.29) is 5.37 Å². The summed E-state index contributed by atoms with van der Waals surface area (Å²) < 4.78 is 11.1. The Bertz CT molecular complexity index is 480. The van der Waals surface area contributed by atoms with Crippen molar-refractivity contribution in [2.24, 2.45) is 0 Å². The van der Waals surface area contributed by atoms with Crippen molar-refractivity contribution in [3.63, 3.8) is 0 Å². The van der Waals surface area contributed by atoms with Gasteiger partial charge in [0.2, 0.25) is 0 Å². The van der Waals surface area contributed by atoms with Crippen LogP contribution in [0.2, 0.25) is 0 Å². The number of carboxylic acid groups (broad SMARTS) is 1. The van der Waals surface area contributed by atoms with Crippen molar-refractivity contribution in [1.82, 2.24) is 5.32 Å². The number of aliphatic carboxylic acids is 1. The fraction of sp³-hybridized carbons (Fsp3) is 0.500. The summed E-state index contributed by atoms with van der Waals surface area (Å²) in [5, 5.41) is 12.1. The molecule has 0 bridgehead atoms. The topological polar surface area (TPSA) is 67.8 Å². The third-order valence-corrected chi connectivity index (χ3v) is 4.22. The smallest absolute Gasteiger partial charge is 0.321 e. The van der Waals surface area contributed by atoms with E-state index in [1.165, 1.54) is 0 Å². The number of benzene rings is 1. The molecule has 0 aromatic heterocycles. The highest BCUT2D eigenvalue weighted by atomic mass is 32.2. The lowest BCUT2D eigenvalue weighted by Crippen LogP contribution is -2.33. The zero-order valence-electron chi connectivity index (χ0n) is 11.6. The van der Waals surface area contributed by atoms with Gasteiger partial charge in [-0.3, -0.25) is 10.1 Å². The number of carboxylic acids is 1. The van der Waals surface area contributed by atoms with E-state index >= 15 is 0 Å². The van der Waals surface area contributed by atoms with E-state index in [9.17, 15) is 4.79 Å². The van der Waals surface area contributed by atoms with Gasteiger partial charge in [-0.25, -0.2) is 0 Å². The predicted octanol–water partition coefficient (Wildman–Crippen LogP) is 2.27. The maximum absolute atomic E-state index is 11.0. The van der Waals surface area contributed by atoms with E-state index in [2.05, 4.69) is 5.32 Å². The highest BCUT2D eigenvalue weighted by Crippen LogP contribution is 2.37. The Balaban J connectivity index is 2.16. The number of ether oxygens (including phenoxy) is 2. The highest BCUT2D eigenvalue weighted by molar-refractivity contribution is 7.99. The first-order chi connectivity index (χ1) is 9.65. The van der Waals surface area contributed by atoms with E-state index < -0.39 is 12.0 Å². The molecule has 2 N–H and O–H groups in total. The number of hydrogen-bond acceptors (Lipinski definition) is 5. The lowest BCUT2D eigenvalue weighted by atomic mass is 10.2. The van der Waals surface area contributed by atoms with Gasteiger partial charge >= 0.3 is 5.97 Å². The van der Waals surface area contributed by atoms with Crippen molar-refractivity contribution in [2.45, 2.75) is 25.3 Å². The van der Waals surface area contributed by atoms with Crippen molar-refractivity contribution in [3.8, 4) is 11.5 Å². The van der Waals surface area contributed by atoms with Crippen molar-refractivity contribution in [1.29, 1.82) is 0 Å². The zero-order valence-corrected chi connectivity index (χ0v) is 12.4. The number of nitrogens with one attached hydrogen (secondary N) is 1. The SMILES string of the molecule is CCOc1ccc(C2NC(C(=O)O)CS2)cc1OCC. The van der Waals surface area contributed by atoms with Crippen LogP contribution in [0.25, 0.3) is 0 Å². The molecule has 5 nitrogen and oxygen atoms in total. The summed E-state index contributed by atoms with van der Waals surface area (Å²) in [6.07, 6.45) is 0. The summed E-state index contributed by atoms with van der Waals surface area (Å²) >= 11 is 1.59. The molecule has 0 radical (unpaired) electrons. The van der Waals surface area contributed by atoms with Crippen LogP contribution in [0.4, 0.5) is 0 Å². The molecule has 1 aromatic carbocycles. The third-order valence-electron chi connectivity index (χ3n) is 2.95. The molecule has 110 valence electrons. The Labute approximate surface area is 122 Å². The van der Waals surface area contributed by atoms with E-state index in [4.69, 9.17) is 14.6 Å². The van der Waals surface area contributed by atoms with Gasteiger partial charge in [-0.1, -0.05) is 6.07 Å². The number of thioether (sulfide) groups is 1. The molecule has 2 atom stereocenters. The van der Waals surface area contributed by atoms with Gasteiger partial charge in [-0.15, -0.1) is 11.8 Å². The Morgan fingerprint density at radius 1 is 1.35 bits per heavy atom. The first-order valence-electron chi connectivity index (χ1n) is 6.65. The van der Waals surface area contributed by atoms with E-state index in [0.29, 0.717) is 24.7 Å². The van der Waals surface area contributed by atoms with Gasteiger partial charge in [0.25, 0.3) is 0 Å². The zero-order chi connectivity index (χ0) is 14.5. The second kappa shape index (κ2) is 6.85. The van der Waals surface area contributed by atoms with E-state index in [1.54, 1.807) is 11.8 Å². The summed E-state index contributed by atoms with van der Waals surface area (Å²) in [7, 11) is 0. The standard InChI is InChI=1S/C14H19NO4S/c1-3-18-11-6-5-9(7-12(11)19-4-2)13-15-10(8-20-13)14(16)17/h5-7,10,13,15H,3-4,8H2,1-2H3,(H,16,17). The fourth-order valence-electron chi connectivity index (χ4n) is 2.04. The molecule has 0 saturated carbocycles. The molecular formula is C14H19NO4S. The molecule has 1 saturated heterocycles. The summed E-state index contributed by atoms with van der Waals surface area (Å²) in [4.78, 5) is 11.0. The van der Waals surface area contributed by atoms with Crippen molar-refractivity contribution < 1.29 is 19.4 Å². The van der Waals surface area contributed by atoms with Gasteiger partial charge in [0.1, 0.15) is 6.04 Å². The minimum atomic E-state index is -0.809. The van der Waals surface area contributed by atoms with Gasteiger partial charge in [0.05, 0.1) is 18.6 Å². The van der Waals surface area contributed by atoms with Crippen molar-refractivity contribution >= 4 is 17.7 Å². The molecule has 0 amide bonds. The average Bonchev–Trinajstić information content (AvgIpc) is 2.91. The summed E-state index contributed by atoms with van der Waals surface area (Å²) in [5.41, 5.74) is 1.01. The Morgan fingerprint density at radius 2 is 2.05 bits per heavy atom. The average molecular weight is 297 g/mol. The van der Waals surface area contributed by atoms with Crippen molar-refractivity contribution in [2.75, 3.05) is 19.0 Å². The van der Waals surface area contributed by atoms with Crippen molar-refractivity contribution in [3.05, 3.63) is 23.8 Å². The molecule has 1 heterocycles. The second-order valence-corrected chi connectivity index (χ2v) is 5.48. The molecule has 1 aliphatic rings. The minimum Gasteiger partial charge on any atom is -0.490 e. The van der Waals surface area contributed by atoms with E-state index in [1.807, 2.05) is 32.0 Å². The van der Waals surface area contributed by atoms with Crippen LogP contribution in [-0.2, 0) is 4.79 Å². The van der Waals surface area contributed by atoms with Crippen LogP contribution >= 0.6 is 11.8 Å². The highest BCUT2D eigenvalue weighted by Gasteiger charge is 2.30. The van der Waals surface area contributed by atoms with Crippen LogP contribution in [0.5, 0.6) is 11.5 Å². The normalized spacial score (nSPS) is 21.7. The monoisotopic (exact) mass is 297 g/mol. The van der Waals surface area contributed by atoms with Crippen LogP contribution in [-0.4, -0.2) is 36.1 Å². The summed E-state index contributed by atoms with van der Waals surface area (Å²) in [6.45, 7) is 4.99. The second-order valence-electron chi connectivity index (χ2n) is 4.34. The lowest BCUT2D eigenvalue weighted by Gasteiger charge is -2.16. The molecular weight excluding hydrogens is 278 g/mol. The number of carbonyl (C=O) groups is 1. The Hall–Kier alpha value is -1.40. The van der Waals surface area contributed by atoms with Gasteiger partial charge in [0, 0.05) is 5.75 Å². The summed E-state index contributed by atoms with van der Waals surface area (Å²) in [5.74, 6) is 1.18. The molecule has 1 aliphatic heterocycles. The third kappa shape index (κ3) is 3.37. The Kier molecular flexibility index (Phi) is 5.14.